The Hall–Kier alpha value is -2.56. The number of alkyl halides is 3. The van der Waals surface area contributed by atoms with E-state index in [9.17, 15) is 18.0 Å². The van der Waals surface area contributed by atoms with Crippen LogP contribution in [0.2, 0.25) is 0 Å². The van der Waals surface area contributed by atoms with Gasteiger partial charge in [0.05, 0.1) is 0 Å². The number of nitriles is 1. The second kappa shape index (κ2) is 4.77. The Labute approximate surface area is 118 Å². The second-order valence-electron chi connectivity index (χ2n) is 4.61. The first-order valence-corrected chi connectivity index (χ1v) is 5.93. The number of ketones is 1. The van der Waals surface area contributed by atoms with Crippen molar-refractivity contribution in [3.63, 3.8) is 0 Å². The molecule has 1 aromatic heterocycles. The summed E-state index contributed by atoms with van der Waals surface area (Å²) in [7, 11) is 0. The molecule has 0 fully saturated rings. The summed E-state index contributed by atoms with van der Waals surface area (Å²) in [4.78, 5) is 15.9. The summed E-state index contributed by atoms with van der Waals surface area (Å²) in [6, 6.07) is 4.62. The number of nitrogens with one attached hydrogen (secondary N) is 2. The average Bonchev–Trinajstić information content (AvgIpc) is 2.64. The topological polar surface area (TPSA) is 77.8 Å². The lowest BCUT2D eigenvalue weighted by Crippen LogP contribution is -2.64. The predicted molar refractivity (Wildman–Crippen MR) is 67.8 cm³/mol. The molecule has 0 radical (unpaired) electrons. The predicted octanol–water partition coefficient (Wildman–Crippen LogP) is 2.03. The smallest absolute Gasteiger partial charge is 0.351 e. The molecule has 2 heterocycles. The minimum Gasteiger partial charge on any atom is -0.351 e. The SMILES string of the molecule is CC1=C(C#N)C(=O)C(Nc2ncccc2C)(C(F)(F)F)N1. The van der Waals surface area contributed by atoms with E-state index in [1.165, 1.54) is 19.2 Å². The van der Waals surface area contributed by atoms with Crippen LogP contribution in [0.3, 0.4) is 0 Å². The number of Topliss-reactive ketones (excluding diaryl/α,β-unsaturated/α-hetero) is 1. The first-order valence-electron chi connectivity index (χ1n) is 5.93. The van der Waals surface area contributed by atoms with Crippen molar-refractivity contribution in [3.8, 4) is 6.07 Å². The van der Waals surface area contributed by atoms with Gasteiger partial charge in [-0.15, -0.1) is 0 Å². The van der Waals surface area contributed by atoms with Crippen molar-refractivity contribution in [2.24, 2.45) is 0 Å². The Morgan fingerprint density at radius 1 is 1.43 bits per heavy atom. The number of rotatable bonds is 2. The van der Waals surface area contributed by atoms with Gasteiger partial charge in [0.15, 0.2) is 0 Å². The van der Waals surface area contributed by atoms with E-state index in [0.29, 0.717) is 5.56 Å². The Morgan fingerprint density at radius 2 is 2.10 bits per heavy atom. The molecule has 0 spiro atoms. The van der Waals surface area contributed by atoms with Crippen LogP contribution in [0, 0.1) is 18.3 Å². The van der Waals surface area contributed by atoms with Crippen LogP contribution in [0.1, 0.15) is 12.5 Å². The summed E-state index contributed by atoms with van der Waals surface area (Å²) in [6.45, 7) is 2.81. The molecule has 0 amide bonds. The third kappa shape index (κ3) is 2.20. The fraction of sp³-hybridized carbons (Fsp3) is 0.308. The molecule has 1 aliphatic heterocycles. The maximum Gasteiger partial charge on any atom is 0.438 e. The lowest BCUT2D eigenvalue weighted by atomic mass is 10.0. The summed E-state index contributed by atoms with van der Waals surface area (Å²) >= 11 is 0. The molecule has 8 heteroatoms. The Kier molecular flexibility index (Phi) is 3.37. The molecular formula is C13H11F3N4O. The van der Waals surface area contributed by atoms with E-state index in [1.807, 2.05) is 0 Å². The number of hydrogen-bond donors (Lipinski definition) is 2. The molecule has 1 unspecified atom stereocenters. The number of aromatic nitrogens is 1. The lowest BCUT2D eigenvalue weighted by Gasteiger charge is -2.33. The largest absolute Gasteiger partial charge is 0.438 e. The minimum atomic E-state index is -4.95. The van der Waals surface area contributed by atoms with Crippen LogP contribution in [0.4, 0.5) is 19.0 Å². The molecule has 2 rings (SSSR count). The van der Waals surface area contributed by atoms with Crippen LogP contribution in [-0.2, 0) is 4.79 Å². The fourth-order valence-corrected chi connectivity index (χ4v) is 2.05. The fourth-order valence-electron chi connectivity index (χ4n) is 2.05. The van der Waals surface area contributed by atoms with Gasteiger partial charge in [0.2, 0.25) is 5.78 Å². The number of allylic oxidation sites excluding steroid dienone is 1. The van der Waals surface area contributed by atoms with Crippen molar-refractivity contribution < 1.29 is 18.0 Å². The van der Waals surface area contributed by atoms with Gasteiger partial charge in [0, 0.05) is 11.9 Å². The molecule has 5 nitrogen and oxygen atoms in total. The quantitative estimate of drug-likeness (QED) is 0.873. The third-order valence-corrected chi connectivity index (χ3v) is 3.17. The van der Waals surface area contributed by atoms with Gasteiger partial charge in [0.25, 0.3) is 5.66 Å². The van der Waals surface area contributed by atoms with Crippen LogP contribution in [-0.4, -0.2) is 22.6 Å². The van der Waals surface area contributed by atoms with Crippen molar-refractivity contribution in [1.29, 1.82) is 5.26 Å². The highest BCUT2D eigenvalue weighted by Crippen LogP contribution is 2.38. The molecule has 0 bridgehead atoms. The van der Waals surface area contributed by atoms with Gasteiger partial charge in [-0.1, -0.05) is 6.07 Å². The minimum absolute atomic E-state index is 0.0809. The van der Waals surface area contributed by atoms with Gasteiger partial charge in [-0.3, -0.25) is 4.79 Å². The lowest BCUT2D eigenvalue weighted by molar-refractivity contribution is -0.185. The van der Waals surface area contributed by atoms with Crippen LogP contribution in [0.15, 0.2) is 29.6 Å². The number of aryl methyl sites for hydroxylation is 1. The van der Waals surface area contributed by atoms with Gasteiger partial charge in [-0.2, -0.15) is 18.4 Å². The summed E-state index contributed by atoms with van der Waals surface area (Å²) in [5, 5.41) is 13.0. The maximum absolute atomic E-state index is 13.5. The molecular weight excluding hydrogens is 285 g/mol. The summed E-state index contributed by atoms with van der Waals surface area (Å²) in [5.74, 6) is -1.44. The molecule has 1 aliphatic rings. The van der Waals surface area contributed by atoms with E-state index in [0.717, 1.165) is 0 Å². The summed E-state index contributed by atoms with van der Waals surface area (Å²) < 4.78 is 40.4. The van der Waals surface area contributed by atoms with Crippen LogP contribution in [0.25, 0.3) is 0 Å². The molecule has 0 aliphatic carbocycles. The average molecular weight is 296 g/mol. The third-order valence-electron chi connectivity index (χ3n) is 3.17. The van der Waals surface area contributed by atoms with E-state index >= 15 is 0 Å². The number of carbonyl (C=O) groups excluding carboxylic acids is 1. The van der Waals surface area contributed by atoms with Crippen molar-refractivity contribution in [2.75, 3.05) is 5.32 Å². The molecule has 0 saturated heterocycles. The van der Waals surface area contributed by atoms with Crippen molar-refractivity contribution >= 4 is 11.6 Å². The van der Waals surface area contributed by atoms with Crippen molar-refractivity contribution in [1.82, 2.24) is 10.3 Å². The van der Waals surface area contributed by atoms with E-state index < -0.39 is 23.2 Å². The van der Waals surface area contributed by atoms with Gasteiger partial charge >= 0.3 is 6.18 Å². The number of carbonyl (C=O) groups is 1. The van der Waals surface area contributed by atoms with Crippen LogP contribution < -0.4 is 10.6 Å². The molecule has 2 N–H and O–H groups in total. The van der Waals surface area contributed by atoms with Gasteiger partial charge in [0.1, 0.15) is 17.5 Å². The van der Waals surface area contributed by atoms with Gasteiger partial charge < -0.3 is 10.6 Å². The highest BCUT2D eigenvalue weighted by Gasteiger charge is 2.65. The zero-order valence-electron chi connectivity index (χ0n) is 11.2. The zero-order valence-corrected chi connectivity index (χ0v) is 11.2. The molecule has 0 saturated carbocycles. The number of pyridine rings is 1. The second-order valence-corrected chi connectivity index (χ2v) is 4.61. The van der Waals surface area contributed by atoms with Crippen molar-refractivity contribution in [2.45, 2.75) is 25.7 Å². The van der Waals surface area contributed by atoms with Gasteiger partial charge in [-0.05, 0) is 25.5 Å². The number of halogens is 3. The maximum atomic E-state index is 13.5. The molecule has 110 valence electrons. The van der Waals surface area contributed by atoms with E-state index in [1.54, 1.807) is 19.1 Å². The summed E-state index contributed by atoms with van der Waals surface area (Å²) in [6.07, 6.45) is -3.64. The number of nitrogens with zero attached hydrogens (tertiary/aromatic N) is 2. The zero-order chi connectivity index (χ0) is 15.8. The number of anilines is 1. The molecule has 0 aromatic carbocycles. The first-order chi connectivity index (χ1) is 9.73. The van der Waals surface area contributed by atoms with Gasteiger partial charge in [-0.25, -0.2) is 4.98 Å². The van der Waals surface area contributed by atoms with Crippen molar-refractivity contribution in [3.05, 3.63) is 35.2 Å². The highest BCUT2D eigenvalue weighted by molar-refractivity contribution is 6.10. The molecule has 1 atom stereocenters. The molecule has 1 aromatic rings. The van der Waals surface area contributed by atoms with E-state index in [4.69, 9.17) is 5.26 Å². The van der Waals surface area contributed by atoms with Crippen LogP contribution >= 0.6 is 0 Å². The standard InChI is InChI=1S/C13H11F3N4O/c1-7-4-3-5-18-11(7)20-12(13(14,15)16)10(21)9(6-17)8(2)19-12/h3-5,19H,1-2H3,(H,18,20). The number of hydrogen-bond acceptors (Lipinski definition) is 5. The Morgan fingerprint density at radius 3 is 2.57 bits per heavy atom. The van der Waals surface area contributed by atoms with Crippen LogP contribution in [0.5, 0.6) is 0 Å². The van der Waals surface area contributed by atoms with E-state index in [-0.39, 0.29) is 11.5 Å². The molecule has 21 heavy (non-hydrogen) atoms. The normalized spacial score (nSPS) is 22.0. The Balaban J connectivity index is 2.51. The van der Waals surface area contributed by atoms with E-state index in [2.05, 4.69) is 15.6 Å². The highest BCUT2D eigenvalue weighted by atomic mass is 19.4. The first kappa shape index (κ1) is 14.8. The Bertz CT molecular complexity index is 675. The summed E-state index contributed by atoms with van der Waals surface area (Å²) in [5.41, 5.74) is -3.30. The monoisotopic (exact) mass is 296 g/mol.